The molecule has 3 rings (SSSR count). The predicted molar refractivity (Wildman–Crippen MR) is 85.4 cm³/mol. The van der Waals surface area contributed by atoms with Crippen molar-refractivity contribution in [2.75, 3.05) is 18.7 Å². The molecule has 1 aliphatic rings. The third kappa shape index (κ3) is 3.63. The van der Waals surface area contributed by atoms with Gasteiger partial charge >= 0.3 is 0 Å². The lowest BCUT2D eigenvalue weighted by Crippen LogP contribution is -2.32. The number of nitrogens with one attached hydrogen (secondary N) is 2. The van der Waals surface area contributed by atoms with Crippen molar-refractivity contribution < 1.29 is 22.7 Å². The van der Waals surface area contributed by atoms with Crippen molar-refractivity contribution in [3.05, 3.63) is 35.2 Å². The topological polar surface area (TPSA) is 93.7 Å². The van der Waals surface area contributed by atoms with E-state index in [9.17, 15) is 13.2 Å². The molecule has 1 aromatic carbocycles. The molecular weight excluding hydrogens is 340 g/mol. The fraction of sp³-hybridized carbons (Fsp3) is 0.214. The number of hydrogen-bond acceptors (Lipinski definition) is 6. The molecule has 1 aromatic heterocycles. The molecule has 1 amide bonds. The molecular formula is C14H14N2O5S2. The molecule has 7 nitrogen and oxygen atoms in total. The highest BCUT2D eigenvalue weighted by atomic mass is 32.2. The first kappa shape index (κ1) is 15.8. The largest absolute Gasteiger partial charge is 0.454 e. The van der Waals surface area contributed by atoms with Crippen LogP contribution in [0.4, 0.5) is 5.69 Å². The van der Waals surface area contributed by atoms with Crippen LogP contribution in [0.3, 0.4) is 0 Å². The van der Waals surface area contributed by atoms with Crippen LogP contribution in [-0.2, 0) is 14.8 Å². The molecule has 0 unspecified atom stereocenters. The van der Waals surface area contributed by atoms with Gasteiger partial charge in [0.2, 0.25) is 12.7 Å². The molecule has 9 heteroatoms. The summed E-state index contributed by atoms with van der Waals surface area (Å²) >= 11 is 1.15. The molecule has 0 spiro atoms. The zero-order chi connectivity index (χ0) is 16.4. The Balaban J connectivity index is 1.59. The van der Waals surface area contributed by atoms with Gasteiger partial charge in [-0.15, -0.1) is 11.3 Å². The average molecular weight is 354 g/mol. The van der Waals surface area contributed by atoms with Crippen LogP contribution < -0.4 is 19.5 Å². The van der Waals surface area contributed by atoms with Crippen molar-refractivity contribution in [2.45, 2.75) is 11.1 Å². The minimum atomic E-state index is -3.67. The van der Waals surface area contributed by atoms with Crippen molar-refractivity contribution in [3.63, 3.8) is 0 Å². The smallest absolute Gasteiger partial charge is 0.250 e. The summed E-state index contributed by atoms with van der Waals surface area (Å²) in [5, 5.41) is 2.60. The second-order valence-corrected chi connectivity index (χ2v) is 8.09. The lowest BCUT2D eigenvalue weighted by Gasteiger charge is -2.07. The fourth-order valence-electron chi connectivity index (χ4n) is 1.97. The Morgan fingerprint density at radius 3 is 2.74 bits per heavy atom. The zero-order valence-corrected chi connectivity index (χ0v) is 13.8. The molecule has 0 aliphatic carbocycles. The number of carbonyl (C=O) groups excluding carboxylic acids is 1. The van der Waals surface area contributed by atoms with Crippen molar-refractivity contribution in [3.8, 4) is 11.5 Å². The first-order chi connectivity index (χ1) is 10.9. The number of anilines is 1. The van der Waals surface area contributed by atoms with Crippen LogP contribution in [0.1, 0.15) is 4.88 Å². The van der Waals surface area contributed by atoms with Gasteiger partial charge in [-0.05, 0) is 31.2 Å². The maximum atomic E-state index is 12.0. The van der Waals surface area contributed by atoms with E-state index >= 15 is 0 Å². The number of thiophene rings is 1. The number of aryl methyl sites for hydroxylation is 1. The van der Waals surface area contributed by atoms with Gasteiger partial charge in [-0.1, -0.05) is 0 Å². The molecule has 0 saturated carbocycles. The van der Waals surface area contributed by atoms with E-state index in [2.05, 4.69) is 10.0 Å². The quantitative estimate of drug-likeness (QED) is 0.852. The molecule has 23 heavy (non-hydrogen) atoms. The van der Waals surface area contributed by atoms with Crippen molar-refractivity contribution in [2.24, 2.45) is 0 Å². The maximum Gasteiger partial charge on any atom is 0.250 e. The van der Waals surface area contributed by atoms with Gasteiger partial charge in [0.15, 0.2) is 11.5 Å². The number of fused-ring (bicyclic) bond motifs is 1. The third-order valence-corrected chi connectivity index (χ3v) is 5.95. The SMILES string of the molecule is Cc1ccc(S(=O)(=O)NCC(=O)Nc2ccc3c(c2)OCO3)s1. The van der Waals surface area contributed by atoms with Crippen molar-refractivity contribution >= 4 is 33.0 Å². The first-order valence-corrected chi connectivity index (χ1v) is 9.00. The number of rotatable bonds is 5. The van der Waals surface area contributed by atoms with Gasteiger partial charge in [0, 0.05) is 16.6 Å². The molecule has 2 heterocycles. The van der Waals surface area contributed by atoms with Crippen molar-refractivity contribution in [1.29, 1.82) is 0 Å². The highest BCUT2D eigenvalue weighted by Crippen LogP contribution is 2.34. The third-order valence-electron chi connectivity index (χ3n) is 3.06. The normalized spacial score (nSPS) is 13.1. The molecule has 2 aromatic rings. The summed E-state index contributed by atoms with van der Waals surface area (Å²) in [4.78, 5) is 12.8. The molecule has 0 bridgehead atoms. The number of sulfonamides is 1. The van der Waals surface area contributed by atoms with E-state index in [-0.39, 0.29) is 17.5 Å². The Kier molecular flexibility index (Phi) is 4.24. The van der Waals surface area contributed by atoms with E-state index in [0.29, 0.717) is 17.2 Å². The lowest BCUT2D eigenvalue weighted by molar-refractivity contribution is -0.115. The molecule has 1 aliphatic heterocycles. The second kappa shape index (κ2) is 6.19. The molecule has 0 radical (unpaired) electrons. The lowest BCUT2D eigenvalue weighted by atomic mass is 10.3. The van der Waals surface area contributed by atoms with E-state index in [0.717, 1.165) is 16.2 Å². The van der Waals surface area contributed by atoms with Crippen LogP contribution >= 0.6 is 11.3 Å². The summed E-state index contributed by atoms with van der Waals surface area (Å²) in [5.41, 5.74) is 0.505. The van der Waals surface area contributed by atoms with E-state index in [1.165, 1.54) is 6.07 Å². The summed E-state index contributed by atoms with van der Waals surface area (Å²) in [6.45, 7) is 1.61. The first-order valence-electron chi connectivity index (χ1n) is 6.70. The molecule has 122 valence electrons. The molecule has 0 saturated heterocycles. The van der Waals surface area contributed by atoms with Crippen LogP contribution in [0.25, 0.3) is 0 Å². The number of benzene rings is 1. The van der Waals surface area contributed by atoms with Gasteiger partial charge in [0.25, 0.3) is 10.0 Å². The summed E-state index contributed by atoms with van der Waals surface area (Å²) in [6.07, 6.45) is 0. The summed E-state index contributed by atoms with van der Waals surface area (Å²) in [6, 6.07) is 8.18. The number of ether oxygens (including phenoxy) is 2. The van der Waals surface area contributed by atoms with Crippen molar-refractivity contribution in [1.82, 2.24) is 4.72 Å². The van der Waals surface area contributed by atoms with E-state index in [4.69, 9.17) is 9.47 Å². The van der Waals surface area contributed by atoms with Crippen LogP contribution in [0.2, 0.25) is 0 Å². The van der Waals surface area contributed by atoms with Gasteiger partial charge < -0.3 is 14.8 Å². The second-order valence-electron chi connectivity index (χ2n) is 4.81. The van der Waals surface area contributed by atoms with E-state index < -0.39 is 15.9 Å². The Bertz CT molecular complexity index is 845. The van der Waals surface area contributed by atoms with E-state index in [1.807, 2.05) is 6.92 Å². The van der Waals surface area contributed by atoms with Gasteiger partial charge in [-0.2, -0.15) is 0 Å². The molecule has 0 atom stereocenters. The van der Waals surface area contributed by atoms with Gasteiger partial charge in [-0.3, -0.25) is 4.79 Å². The van der Waals surface area contributed by atoms with Crippen LogP contribution in [0.5, 0.6) is 11.5 Å². The fourth-order valence-corrected chi connectivity index (χ4v) is 4.28. The predicted octanol–water partition coefficient (Wildman–Crippen LogP) is 1.70. The molecule has 2 N–H and O–H groups in total. The van der Waals surface area contributed by atoms with Crippen LogP contribution in [0.15, 0.2) is 34.5 Å². The average Bonchev–Trinajstić information content (AvgIpc) is 3.14. The monoisotopic (exact) mass is 354 g/mol. The Morgan fingerprint density at radius 1 is 1.22 bits per heavy atom. The zero-order valence-electron chi connectivity index (χ0n) is 12.2. The standard InChI is InChI=1S/C14H14N2O5S2/c1-9-2-5-14(22-9)23(18,19)15-7-13(17)16-10-3-4-11-12(6-10)21-8-20-11/h2-6,15H,7-8H2,1H3,(H,16,17). The Hall–Kier alpha value is -2.10. The highest BCUT2D eigenvalue weighted by Gasteiger charge is 2.18. The van der Waals surface area contributed by atoms with Gasteiger partial charge in [0.05, 0.1) is 6.54 Å². The van der Waals surface area contributed by atoms with Gasteiger partial charge in [-0.25, -0.2) is 13.1 Å². The number of amides is 1. The van der Waals surface area contributed by atoms with Gasteiger partial charge in [0.1, 0.15) is 4.21 Å². The number of hydrogen-bond donors (Lipinski definition) is 2. The Labute approximate surface area is 137 Å². The summed E-state index contributed by atoms with van der Waals surface area (Å²) in [7, 11) is -3.67. The minimum absolute atomic E-state index is 0.146. The Morgan fingerprint density at radius 2 is 2.00 bits per heavy atom. The highest BCUT2D eigenvalue weighted by molar-refractivity contribution is 7.91. The molecule has 0 fully saturated rings. The van der Waals surface area contributed by atoms with E-state index in [1.54, 1.807) is 24.3 Å². The summed E-state index contributed by atoms with van der Waals surface area (Å²) < 4.78 is 36.9. The minimum Gasteiger partial charge on any atom is -0.454 e. The maximum absolute atomic E-state index is 12.0. The number of carbonyl (C=O) groups is 1. The summed E-state index contributed by atoms with van der Waals surface area (Å²) in [5.74, 6) is 0.676. The van der Waals surface area contributed by atoms with Crippen LogP contribution in [-0.4, -0.2) is 27.7 Å². The van der Waals surface area contributed by atoms with Crippen LogP contribution in [0, 0.1) is 6.92 Å².